The highest BCUT2D eigenvalue weighted by Crippen LogP contribution is 2.27. The van der Waals surface area contributed by atoms with Gasteiger partial charge < -0.3 is 5.73 Å². The van der Waals surface area contributed by atoms with E-state index in [9.17, 15) is 0 Å². The third kappa shape index (κ3) is 1.72. The maximum Gasteiger partial charge on any atom is 0.0941 e. The number of hydrogen-bond acceptors (Lipinski definition) is 2. The van der Waals surface area contributed by atoms with Crippen LogP contribution in [0.3, 0.4) is 0 Å². The largest absolute Gasteiger partial charge is 0.397 e. The molecule has 1 heterocycles. The highest BCUT2D eigenvalue weighted by molar-refractivity contribution is 5.93. The fourth-order valence-corrected chi connectivity index (χ4v) is 2.20. The fourth-order valence-electron chi connectivity index (χ4n) is 2.20. The molecule has 2 nitrogen and oxygen atoms in total. The van der Waals surface area contributed by atoms with Crippen LogP contribution in [0.15, 0.2) is 54.6 Å². The van der Waals surface area contributed by atoms with Gasteiger partial charge in [-0.05, 0) is 24.6 Å². The van der Waals surface area contributed by atoms with E-state index in [1.54, 1.807) is 0 Å². The minimum Gasteiger partial charge on any atom is -0.397 e. The Morgan fingerprint density at radius 3 is 2.50 bits per heavy atom. The van der Waals surface area contributed by atoms with Gasteiger partial charge in [0.05, 0.1) is 16.9 Å². The lowest BCUT2D eigenvalue weighted by Gasteiger charge is -2.08. The Kier molecular flexibility index (Phi) is 2.49. The van der Waals surface area contributed by atoms with Gasteiger partial charge in [0.1, 0.15) is 0 Å². The number of fused-ring (bicyclic) bond motifs is 1. The number of aromatic nitrogens is 1. The summed E-state index contributed by atoms with van der Waals surface area (Å²) in [5.41, 5.74) is 10.9. The van der Waals surface area contributed by atoms with Crippen molar-refractivity contribution in [1.29, 1.82) is 0 Å². The summed E-state index contributed by atoms with van der Waals surface area (Å²) < 4.78 is 0. The third-order valence-electron chi connectivity index (χ3n) is 3.15. The Bertz CT molecular complexity index is 703. The highest BCUT2D eigenvalue weighted by Gasteiger charge is 2.06. The first-order valence-corrected chi connectivity index (χ1v) is 5.97. The predicted octanol–water partition coefficient (Wildman–Crippen LogP) is 3.79. The van der Waals surface area contributed by atoms with Gasteiger partial charge in [-0.2, -0.15) is 0 Å². The van der Waals surface area contributed by atoms with Gasteiger partial charge >= 0.3 is 0 Å². The number of benzene rings is 2. The summed E-state index contributed by atoms with van der Waals surface area (Å²) in [6.45, 7) is 2.09. The van der Waals surface area contributed by atoms with E-state index in [-0.39, 0.29) is 0 Å². The molecule has 88 valence electrons. The zero-order chi connectivity index (χ0) is 12.5. The van der Waals surface area contributed by atoms with E-state index in [0.717, 1.165) is 27.8 Å². The maximum atomic E-state index is 6.01. The van der Waals surface area contributed by atoms with Gasteiger partial charge in [-0.3, -0.25) is 0 Å². The number of anilines is 1. The van der Waals surface area contributed by atoms with Gasteiger partial charge in [-0.25, -0.2) is 4.98 Å². The number of pyridine rings is 1. The summed E-state index contributed by atoms with van der Waals surface area (Å²) in [5, 5.41) is 1.12. The predicted molar refractivity (Wildman–Crippen MR) is 76.3 cm³/mol. The lowest BCUT2D eigenvalue weighted by atomic mass is 10.0. The summed E-state index contributed by atoms with van der Waals surface area (Å²) >= 11 is 0. The molecule has 0 unspecified atom stereocenters. The average molecular weight is 234 g/mol. The van der Waals surface area contributed by atoms with Crippen molar-refractivity contribution in [2.24, 2.45) is 0 Å². The average Bonchev–Trinajstić information content (AvgIpc) is 2.41. The molecular weight excluding hydrogens is 220 g/mol. The van der Waals surface area contributed by atoms with E-state index in [1.165, 1.54) is 5.56 Å². The quantitative estimate of drug-likeness (QED) is 0.650. The van der Waals surface area contributed by atoms with E-state index in [2.05, 4.69) is 36.2 Å². The smallest absolute Gasteiger partial charge is 0.0941 e. The minimum absolute atomic E-state index is 0.730. The Morgan fingerprint density at radius 2 is 1.72 bits per heavy atom. The lowest BCUT2D eigenvalue weighted by Crippen LogP contribution is -1.93. The van der Waals surface area contributed by atoms with E-state index < -0.39 is 0 Å². The summed E-state index contributed by atoms with van der Waals surface area (Å²) in [6.07, 6.45) is 0. The second-order valence-electron chi connectivity index (χ2n) is 4.43. The van der Waals surface area contributed by atoms with Crippen LogP contribution in [0.5, 0.6) is 0 Å². The monoisotopic (exact) mass is 234 g/mol. The second kappa shape index (κ2) is 4.15. The normalized spacial score (nSPS) is 10.7. The fraction of sp³-hybridized carbons (Fsp3) is 0.0625. The van der Waals surface area contributed by atoms with Crippen molar-refractivity contribution in [3.05, 3.63) is 60.2 Å². The standard InChI is InChI=1S/C16H14N2/c1-11-10-15(12-6-3-2-4-7-12)18-16-13(11)8-5-9-14(16)17/h2-10H,17H2,1H3. The van der Waals surface area contributed by atoms with E-state index in [4.69, 9.17) is 5.73 Å². The first kappa shape index (κ1) is 10.8. The zero-order valence-corrected chi connectivity index (χ0v) is 10.2. The van der Waals surface area contributed by atoms with Gasteiger partial charge in [0.25, 0.3) is 0 Å². The molecule has 0 aliphatic carbocycles. The van der Waals surface area contributed by atoms with Crippen LogP contribution in [-0.4, -0.2) is 4.98 Å². The molecular formula is C16H14N2. The molecule has 0 amide bonds. The van der Waals surface area contributed by atoms with Gasteiger partial charge in [0.2, 0.25) is 0 Å². The molecule has 2 heteroatoms. The SMILES string of the molecule is Cc1cc(-c2ccccc2)nc2c(N)cccc12. The molecule has 2 N–H and O–H groups in total. The number of nitrogens with zero attached hydrogens (tertiary/aromatic N) is 1. The summed E-state index contributed by atoms with van der Waals surface area (Å²) in [7, 11) is 0. The number of aryl methyl sites for hydroxylation is 1. The molecule has 3 aromatic rings. The molecule has 0 bridgehead atoms. The van der Waals surface area contributed by atoms with Crippen LogP contribution < -0.4 is 5.73 Å². The minimum atomic E-state index is 0.730. The van der Waals surface area contributed by atoms with Gasteiger partial charge in [0, 0.05) is 10.9 Å². The van der Waals surface area contributed by atoms with Crippen molar-refractivity contribution in [1.82, 2.24) is 4.98 Å². The molecule has 3 rings (SSSR count). The Hall–Kier alpha value is -2.35. The summed E-state index contributed by atoms with van der Waals surface area (Å²) in [4.78, 5) is 4.68. The molecule has 0 fully saturated rings. The first-order valence-electron chi connectivity index (χ1n) is 5.97. The molecule has 18 heavy (non-hydrogen) atoms. The van der Waals surface area contributed by atoms with Crippen molar-refractivity contribution < 1.29 is 0 Å². The summed E-state index contributed by atoms with van der Waals surface area (Å²) in [6, 6.07) is 18.2. The van der Waals surface area contributed by atoms with Crippen LogP contribution >= 0.6 is 0 Å². The van der Waals surface area contributed by atoms with E-state index in [1.807, 2.05) is 30.3 Å². The molecule has 0 saturated carbocycles. The van der Waals surface area contributed by atoms with Gasteiger partial charge in [-0.15, -0.1) is 0 Å². The molecule has 0 spiro atoms. The van der Waals surface area contributed by atoms with Gasteiger partial charge in [-0.1, -0.05) is 42.5 Å². The number of nitrogens with two attached hydrogens (primary N) is 1. The topological polar surface area (TPSA) is 38.9 Å². The Balaban J connectivity index is 2.31. The van der Waals surface area contributed by atoms with Crippen molar-refractivity contribution in [2.45, 2.75) is 6.92 Å². The number of hydrogen-bond donors (Lipinski definition) is 1. The third-order valence-corrected chi connectivity index (χ3v) is 3.15. The highest BCUT2D eigenvalue weighted by atomic mass is 14.7. The lowest BCUT2D eigenvalue weighted by molar-refractivity contribution is 1.36. The van der Waals surface area contributed by atoms with Crippen molar-refractivity contribution in [3.8, 4) is 11.3 Å². The van der Waals surface area contributed by atoms with Crippen LogP contribution in [0.4, 0.5) is 5.69 Å². The maximum absolute atomic E-state index is 6.01. The van der Waals surface area contributed by atoms with E-state index in [0.29, 0.717) is 0 Å². The first-order chi connectivity index (χ1) is 8.75. The van der Waals surface area contributed by atoms with Crippen LogP contribution in [0.25, 0.3) is 22.2 Å². The Morgan fingerprint density at radius 1 is 0.944 bits per heavy atom. The van der Waals surface area contributed by atoms with Crippen molar-refractivity contribution >= 4 is 16.6 Å². The number of para-hydroxylation sites is 1. The summed E-state index contributed by atoms with van der Waals surface area (Å²) in [5.74, 6) is 0. The zero-order valence-electron chi connectivity index (χ0n) is 10.2. The second-order valence-corrected chi connectivity index (χ2v) is 4.43. The van der Waals surface area contributed by atoms with Crippen LogP contribution in [-0.2, 0) is 0 Å². The molecule has 0 aliphatic rings. The van der Waals surface area contributed by atoms with Gasteiger partial charge in [0.15, 0.2) is 0 Å². The molecule has 0 radical (unpaired) electrons. The molecule has 2 aromatic carbocycles. The van der Waals surface area contributed by atoms with Crippen LogP contribution in [0.1, 0.15) is 5.56 Å². The number of nitrogen functional groups attached to an aromatic ring is 1. The molecule has 0 atom stereocenters. The van der Waals surface area contributed by atoms with Crippen LogP contribution in [0, 0.1) is 6.92 Å². The molecule has 0 aliphatic heterocycles. The molecule has 0 saturated heterocycles. The molecule has 1 aromatic heterocycles. The number of rotatable bonds is 1. The Labute approximate surface area is 106 Å². The van der Waals surface area contributed by atoms with Crippen molar-refractivity contribution in [3.63, 3.8) is 0 Å². The van der Waals surface area contributed by atoms with E-state index >= 15 is 0 Å². The van der Waals surface area contributed by atoms with Crippen molar-refractivity contribution in [2.75, 3.05) is 5.73 Å². The van der Waals surface area contributed by atoms with Crippen LogP contribution in [0.2, 0.25) is 0 Å².